The zero-order valence-electron chi connectivity index (χ0n) is 12.3. The van der Waals surface area contributed by atoms with Crippen LogP contribution in [-0.2, 0) is 10.5 Å². The fraction of sp³-hybridized carbons (Fsp3) is 0.571. The Hall–Kier alpha value is -0.426. The molecule has 0 radical (unpaired) electrons. The molecule has 1 N–H and O–H groups in total. The summed E-state index contributed by atoms with van der Waals surface area (Å²) in [6.45, 7) is 11.5. The highest BCUT2D eigenvalue weighted by atomic mass is 28.4. The molecule has 0 fully saturated rings. The first-order valence-electron chi connectivity index (χ1n) is 6.59. The van der Waals surface area contributed by atoms with Gasteiger partial charge in [0.15, 0.2) is 9.76 Å². The molecule has 0 bridgehead atoms. The predicted octanol–water partition coefficient (Wildman–Crippen LogP) is 1.95. The fourth-order valence-electron chi connectivity index (χ4n) is 1.68. The van der Waals surface area contributed by atoms with Gasteiger partial charge in [-0.05, 0) is 35.3 Å². The fourth-order valence-corrected chi connectivity index (χ4v) is 6.49. The van der Waals surface area contributed by atoms with Crippen molar-refractivity contribution in [2.24, 2.45) is 0 Å². The van der Waals surface area contributed by atoms with Gasteiger partial charge >= 0.3 is 0 Å². The number of hydrogen-bond acceptors (Lipinski definition) is 2. The van der Waals surface area contributed by atoms with Gasteiger partial charge in [-0.2, -0.15) is 0 Å². The van der Waals surface area contributed by atoms with Crippen LogP contribution in [0.1, 0.15) is 26.3 Å². The van der Waals surface area contributed by atoms with Crippen molar-refractivity contribution in [2.75, 3.05) is 6.61 Å². The van der Waals surface area contributed by atoms with Gasteiger partial charge in [-0.1, -0.05) is 45.0 Å². The normalized spacial score (nSPS) is 13.4. The van der Waals surface area contributed by atoms with Gasteiger partial charge in [-0.15, -0.1) is 0 Å². The van der Waals surface area contributed by atoms with Gasteiger partial charge in [0.2, 0.25) is 8.32 Å². The smallest absolute Gasteiger partial charge is 0.205 e. The van der Waals surface area contributed by atoms with Crippen LogP contribution >= 0.6 is 0 Å². The minimum Gasteiger partial charge on any atom is -0.457 e. The summed E-state index contributed by atoms with van der Waals surface area (Å²) in [7, 11) is -2.23. The molecule has 0 heterocycles. The van der Waals surface area contributed by atoms with E-state index in [0.29, 0.717) is 5.04 Å². The molecule has 0 aliphatic rings. The molecule has 0 aromatic heterocycles. The van der Waals surface area contributed by atoms with Crippen LogP contribution in [0.2, 0.25) is 18.1 Å². The second-order valence-electron chi connectivity index (χ2n) is 6.53. The van der Waals surface area contributed by atoms with Gasteiger partial charge in [0.1, 0.15) is 0 Å². The Morgan fingerprint density at radius 3 is 2.17 bits per heavy atom. The summed E-state index contributed by atoms with van der Waals surface area (Å²) < 4.78 is 6.31. The molecule has 0 saturated heterocycles. The molecule has 4 heteroatoms. The van der Waals surface area contributed by atoms with Gasteiger partial charge < -0.3 is 9.22 Å². The lowest BCUT2D eigenvalue weighted by Crippen LogP contribution is -2.46. The zero-order chi connectivity index (χ0) is 13.8. The quantitative estimate of drug-likeness (QED) is 0.837. The Bertz CT molecular complexity index is 366. The molecule has 102 valence electrons. The summed E-state index contributed by atoms with van der Waals surface area (Å²) in [6, 6.07) is 8.58. The average molecular weight is 283 g/mol. The molecular weight excluding hydrogens is 256 g/mol. The van der Waals surface area contributed by atoms with E-state index in [-0.39, 0.29) is 6.61 Å². The van der Waals surface area contributed by atoms with Crippen molar-refractivity contribution in [1.29, 1.82) is 0 Å². The average Bonchev–Trinajstić information content (AvgIpc) is 2.27. The van der Waals surface area contributed by atoms with Gasteiger partial charge in [0.05, 0.1) is 0 Å². The van der Waals surface area contributed by atoms with Crippen molar-refractivity contribution < 1.29 is 9.22 Å². The third-order valence-corrected chi connectivity index (χ3v) is 8.97. The van der Waals surface area contributed by atoms with Crippen LogP contribution < -0.4 is 5.19 Å². The summed E-state index contributed by atoms with van der Waals surface area (Å²) in [4.78, 5) is 0. The highest BCUT2D eigenvalue weighted by molar-refractivity contribution is 6.87. The van der Waals surface area contributed by atoms with Crippen molar-refractivity contribution in [3.8, 4) is 0 Å². The lowest BCUT2D eigenvalue weighted by atomic mass is 10.2. The number of rotatable bonds is 5. The second-order valence-corrected chi connectivity index (χ2v) is 13.7. The number of hydrogen-bond donors (Lipinski definition) is 1. The molecule has 0 unspecified atom stereocenters. The van der Waals surface area contributed by atoms with E-state index >= 15 is 0 Å². The molecule has 0 aliphatic heterocycles. The molecule has 0 amide bonds. The molecule has 2 nitrogen and oxygen atoms in total. The van der Waals surface area contributed by atoms with Crippen LogP contribution in [0.3, 0.4) is 0 Å². The molecule has 0 aliphatic carbocycles. The minimum absolute atomic E-state index is 0.216. The predicted molar refractivity (Wildman–Crippen MR) is 83.7 cm³/mol. The Morgan fingerprint density at radius 2 is 1.72 bits per heavy atom. The van der Waals surface area contributed by atoms with Crippen molar-refractivity contribution in [3.05, 3.63) is 29.8 Å². The first-order valence-corrected chi connectivity index (χ1v) is 10.8. The second kappa shape index (κ2) is 6.15. The summed E-state index contributed by atoms with van der Waals surface area (Å²) in [5.41, 5.74) is 1.19. The highest BCUT2D eigenvalue weighted by Gasteiger charge is 2.27. The van der Waals surface area contributed by atoms with Crippen LogP contribution in [0.5, 0.6) is 0 Å². The maximum Gasteiger partial charge on any atom is 0.205 e. The monoisotopic (exact) mass is 282 g/mol. The topological polar surface area (TPSA) is 29.5 Å². The SMILES string of the molecule is CC(C)(C)[SiH2]O[Si](C)(C)c1ccc(CCO)cc1. The van der Waals surface area contributed by atoms with E-state index in [2.05, 4.69) is 58.1 Å². The van der Waals surface area contributed by atoms with Crippen LogP contribution in [0.4, 0.5) is 0 Å². The Kier molecular flexibility index (Phi) is 5.34. The van der Waals surface area contributed by atoms with E-state index < -0.39 is 18.1 Å². The summed E-state index contributed by atoms with van der Waals surface area (Å²) in [5, 5.41) is 10.6. The third kappa shape index (κ3) is 5.06. The van der Waals surface area contributed by atoms with Crippen LogP contribution in [0, 0.1) is 0 Å². The Balaban J connectivity index is 2.72. The van der Waals surface area contributed by atoms with Gasteiger partial charge in [-0.3, -0.25) is 0 Å². The molecule has 18 heavy (non-hydrogen) atoms. The van der Waals surface area contributed by atoms with Crippen molar-refractivity contribution in [2.45, 2.75) is 45.3 Å². The first-order chi connectivity index (χ1) is 8.24. The maximum absolute atomic E-state index is 8.91. The standard InChI is InChI=1S/C14H26O2Si2/c1-14(2,3)17-16-18(4,5)13-8-6-12(7-9-13)10-11-15/h6-9,15H,10-11,17H2,1-5H3. The van der Waals surface area contributed by atoms with E-state index in [4.69, 9.17) is 9.22 Å². The van der Waals surface area contributed by atoms with Crippen molar-refractivity contribution >= 4 is 23.3 Å². The van der Waals surface area contributed by atoms with Crippen LogP contribution in [0.15, 0.2) is 24.3 Å². The van der Waals surface area contributed by atoms with E-state index in [1.165, 1.54) is 10.8 Å². The molecule has 1 rings (SSSR count). The lowest BCUT2D eigenvalue weighted by Gasteiger charge is -2.28. The first kappa shape index (κ1) is 15.6. The summed E-state index contributed by atoms with van der Waals surface area (Å²) in [5.74, 6) is 0. The van der Waals surface area contributed by atoms with Crippen molar-refractivity contribution in [1.82, 2.24) is 0 Å². The zero-order valence-corrected chi connectivity index (χ0v) is 14.7. The van der Waals surface area contributed by atoms with E-state index in [0.717, 1.165) is 6.42 Å². The lowest BCUT2D eigenvalue weighted by molar-refractivity contribution is 0.299. The van der Waals surface area contributed by atoms with Gasteiger partial charge in [0.25, 0.3) is 0 Å². The van der Waals surface area contributed by atoms with Crippen molar-refractivity contribution in [3.63, 3.8) is 0 Å². The molecular formula is C14H26O2Si2. The molecule has 0 spiro atoms. The Labute approximate surface area is 114 Å². The van der Waals surface area contributed by atoms with E-state index in [9.17, 15) is 0 Å². The summed E-state index contributed by atoms with van der Waals surface area (Å²) >= 11 is 0. The Morgan fingerprint density at radius 1 is 1.17 bits per heavy atom. The van der Waals surface area contributed by atoms with Gasteiger partial charge in [-0.25, -0.2) is 0 Å². The highest BCUT2D eigenvalue weighted by Crippen LogP contribution is 2.22. The number of aliphatic hydroxyl groups excluding tert-OH is 1. The largest absolute Gasteiger partial charge is 0.457 e. The van der Waals surface area contributed by atoms with E-state index in [1.54, 1.807) is 0 Å². The number of benzene rings is 1. The minimum atomic E-state index is -1.74. The van der Waals surface area contributed by atoms with Crippen LogP contribution in [-0.4, -0.2) is 29.8 Å². The van der Waals surface area contributed by atoms with E-state index in [1.807, 2.05) is 0 Å². The molecule has 0 saturated carbocycles. The third-order valence-electron chi connectivity index (χ3n) is 2.92. The molecule has 0 atom stereocenters. The number of aliphatic hydroxyl groups is 1. The van der Waals surface area contributed by atoms with Crippen LogP contribution in [0.25, 0.3) is 0 Å². The summed E-state index contributed by atoms with van der Waals surface area (Å²) in [6.07, 6.45) is 0.736. The van der Waals surface area contributed by atoms with Gasteiger partial charge in [0, 0.05) is 6.61 Å². The molecule has 1 aromatic rings. The maximum atomic E-state index is 8.91. The molecule has 1 aromatic carbocycles.